The first kappa shape index (κ1) is 13.8. The lowest BCUT2D eigenvalue weighted by Crippen LogP contribution is -2.20. The van der Waals surface area contributed by atoms with Gasteiger partial charge < -0.3 is 9.84 Å². The Bertz CT molecular complexity index is 490. The van der Waals surface area contributed by atoms with Crippen molar-refractivity contribution in [3.05, 3.63) is 17.6 Å². The van der Waals surface area contributed by atoms with Crippen LogP contribution in [0.25, 0.3) is 0 Å². The first-order chi connectivity index (χ1) is 8.84. The van der Waals surface area contributed by atoms with Crippen LogP contribution in [0.5, 0.6) is 5.88 Å². The van der Waals surface area contributed by atoms with Crippen molar-refractivity contribution in [2.75, 3.05) is 7.11 Å². The number of nitrogens with zero attached hydrogens (tertiary/aromatic N) is 2. The number of aromatic nitrogens is 2. The van der Waals surface area contributed by atoms with Gasteiger partial charge in [0.1, 0.15) is 5.82 Å². The highest BCUT2D eigenvalue weighted by atomic mass is 16.5. The Balaban J connectivity index is 2.43. The fourth-order valence-electron chi connectivity index (χ4n) is 2.13. The molecule has 1 unspecified atom stereocenters. The monoisotopic (exact) mass is 264 g/mol. The molecule has 1 aromatic heterocycles. The van der Waals surface area contributed by atoms with E-state index >= 15 is 0 Å². The van der Waals surface area contributed by atoms with E-state index < -0.39 is 11.9 Å². The second kappa shape index (κ2) is 4.79. The number of carboxylic acids is 1. The zero-order valence-corrected chi connectivity index (χ0v) is 11.8. The molecule has 1 atom stereocenters. The van der Waals surface area contributed by atoms with E-state index in [-0.39, 0.29) is 11.3 Å². The van der Waals surface area contributed by atoms with Crippen molar-refractivity contribution in [1.29, 1.82) is 0 Å². The molecule has 0 radical (unpaired) electrons. The molecule has 1 saturated carbocycles. The van der Waals surface area contributed by atoms with Gasteiger partial charge in [-0.1, -0.05) is 20.8 Å². The normalized spacial score (nSPS) is 17.1. The van der Waals surface area contributed by atoms with Gasteiger partial charge in [-0.05, 0) is 18.8 Å². The van der Waals surface area contributed by atoms with Crippen LogP contribution < -0.4 is 4.74 Å². The Labute approximate surface area is 113 Å². The summed E-state index contributed by atoms with van der Waals surface area (Å²) in [6.45, 7) is 6.03. The van der Waals surface area contributed by atoms with Crippen LogP contribution in [0.1, 0.15) is 50.9 Å². The molecule has 1 aliphatic rings. The van der Waals surface area contributed by atoms with Gasteiger partial charge in [0.15, 0.2) is 0 Å². The van der Waals surface area contributed by atoms with Gasteiger partial charge in [0.2, 0.25) is 5.88 Å². The smallest absolute Gasteiger partial charge is 0.311 e. The molecule has 5 nitrogen and oxygen atoms in total. The van der Waals surface area contributed by atoms with Gasteiger partial charge >= 0.3 is 5.97 Å². The maximum Gasteiger partial charge on any atom is 0.311 e. The van der Waals surface area contributed by atoms with Crippen LogP contribution in [0.15, 0.2) is 6.20 Å². The van der Waals surface area contributed by atoms with Gasteiger partial charge in [-0.15, -0.1) is 0 Å². The lowest BCUT2D eigenvalue weighted by molar-refractivity contribution is -0.139. The maximum absolute atomic E-state index is 11.4. The molecule has 0 bridgehead atoms. The second-order valence-electron chi connectivity index (χ2n) is 6.06. The lowest BCUT2D eigenvalue weighted by atomic mass is 9.93. The Morgan fingerprint density at radius 2 is 2.11 bits per heavy atom. The summed E-state index contributed by atoms with van der Waals surface area (Å²) >= 11 is 0. The molecule has 1 aliphatic carbocycles. The summed E-state index contributed by atoms with van der Waals surface area (Å²) in [7, 11) is 1.52. The van der Waals surface area contributed by atoms with Crippen LogP contribution in [-0.2, 0) is 10.2 Å². The summed E-state index contributed by atoms with van der Waals surface area (Å²) in [5.41, 5.74) is 0.398. The highest BCUT2D eigenvalue weighted by Gasteiger charge is 2.40. The summed E-state index contributed by atoms with van der Waals surface area (Å²) in [5.74, 6) is -0.139. The molecule has 5 heteroatoms. The largest absolute Gasteiger partial charge is 0.481 e. The summed E-state index contributed by atoms with van der Waals surface area (Å²) in [4.78, 5) is 20.1. The minimum atomic E-state index is -0.826. The molecule has 1 fully saturated rings. The fourth-order valence-corrected chi connectivity index (χ4v) is 2.13. The van der Waals surface area contributed by atoms with E-state index in [2.05, 4.69) is 9.97 Å². The molecule has 1 N–H and O–H groups in total. The van der Waals surface area contributed by atoms with E-state index in [0.29, 0.717) is 17.3 Å². The van der Waals surface area contributed by atoms with Crippen LogP contribution in [0.2, 0.25) is 0 Å². The highest BCUT2D eigenvalue weighted by Crippen LogP contribution is 2.44. The van der Waals surface area contributed by atoms with Crippen molar-refractivity contribution in [3.8, 4) is 5.88 Å². The van der Waals surface area contributed by atoms with Crippen molar-refractivity contribution < 1.29 is 14.6 Å². The van der Waals surface area contributed by atoms with Gasteiger partial charge in [0.25, 0.3) is 0 Å². The third-order valence-electron chi connectivity index (χ3n) is 3.34. The van der Waals surface area contributed by atoms with E-state index in [1.165, 1.54) is 7.11 Å². The van der Waals surface area contributed by atoms with Crippen molar-refractivity contribution in [1.82, 2.24) is 9.97 Å². The van der Waals surface area contributed by atoms with Gasteiger partial charge in [-0.2, -0.15) is 4.98 Å². The number of hydrogen-bond acceptors (Lipinski definition) is 4. The van der Waals surface area contributed by atoms with E-state index in [1.807, 2.05) is 20.8 Å². The summed E-state index contributed by atoms with van der Waals surface area (Å²) in [5, 5.41) is 9.38. The molecule has 0 amide bonds. The van der Waals surface area contributed by atoms with Crippen molar-refractivity contribution >= 4 is 5.97 Å². The topological polar surface area (TPSA) is 72.3 Å². The van der Waals surface area contributed by atoms with Gasteiger partial charge in [0, 0.05) is 17.2 Å². The number of carboxylic acid groups (broad SMARTS) is 1. The predicted molar refractivity (Wildman–Crippen MR) is 70.4 cm³/mol. The Morgan fingerprint density at radius 1 is 1.47 bits per heavy atom. The van der Waals surface area contributed by atoms with Gasteiger partial charge in [-0.25, -0.2) is 4.98 Å². The number of ether oxygens (including phenoxy) is 1. The lowest BCUT2D eigenvalue weighted by Gasteiger charge is -2.20. The Morgan fingerprint density at radius 3 is 2.53 bits per heavy atom. The van der Waals surface area contributed by atoms with Crippen molar-refractivity contribution in [2.45, 2.75) is 44.9 Å². The average Bonchev–Trinajstić information content (AvgIpc) is 3.12. The minimum absolute atomic E-state index is 0.190. The number of carbonyl (C=O) groups is 1. The van der Waals surface area contributed by atoms with Gasteiger partial charge in [-0.3, -0.25) is 4.79 Å². The third-order valence-corrected chi connectivity index (χ3v) is 3.34. The van der Waals surface area contributed by atoms with Crippen molar-refractivity contribution in [2.24, 2.45) is 5.92 Å². The van der Waals surface area contributed by atoms with E-state index in [1.54, 1.807) is 6.20 Å². The molecule has 0 spiro atoms. The average molecular weight is 264 g/mol. The molecule has 0 aromatic carbocycles. The molecular formula is C14H20N2O3. The molecule has 0 aliphatic heterocycles. The molecule has 2 rings (SSSR count). The summed E-state index contributed by atoms with van der Waals surface area (Å²) < 4.78 is 5.28. The molecule has 19 heavy (non-hydrogen) atoms. The molecular weight excluding hydrogens is 244 g/mol. The number of hydrogen-bond donors (Lipinski definition) is 1. The van der Waals surface area contributed by atoms with Crippen molar-refractivity contribution in [3.63, 3.8) is 0 Å². The van der Waals surface area contributed by atoms with E-state index in [4.69, 9.17) is 4.74 Å². The van der Waals surface area contributed by atoms with E-state index in [0.717, 1.165) is 12.8 Å². The summed E-state index contributed by atoms with van der Waals surface area (Å²) in [6.07, 6.45) is 3.51. The molecule has 0 saturated heterocycles. The first-order valence-electron chi connectivity index (χ1n) is 6.48. The second-order valence-corrected chi connectivity index (χ2v) is 6.06. The minimum Gasteiger partial charge on any atom is -0.481 e. The third kappa shape index (κ3) is 2.85. The molecule has 1 aromatic rings. The molecule has 1 heterocycles. The van der Waals surface area contributed by atoms with Crippen LogP contribution >= 0.6 is 0 Å². The maximum atomic E-state index is 11.4. The standard InChI is InChI=1S/C14H20N2O3/c1-14(2,3)13-15-7-9(11(16-13)19-4)10(12(17)18)8-5-6-8/h7-8,10H,5-6H2,1-4H3,(H,17,18). The molecule has 104 valence electrons. The zero-order valence-electron chi connectivity index (χ0n) is 11.8. The fraction of sp³-hybridized carbons (Fsp3) is 0.643. The first-order valence-corrected chi connectivity index (χ1v) is 6.48. The SMILES string of the molecule is COc1nc(C(C)(C)C)ncc1C(C(=O)O)C1CC1. The van der Waals surface area contributed by atoms with Crippen LogP contribution in [-0.4, -0.2) is 28.2 Å². The summed E-state index contributed by atoms with van der Waals surface area (Å²) in [6, 6.07) is 0. The Kier molecular flexibility index (Phi) is 3.47. The van der Waals surface area contributed by atoms with Gasteiger partial charge in [0.05, 0.1) is 13.0 Å². The highest BCUT2D eigenvalue weighted by molar-refractivity contribution is 5.77. The number of aliphatic carboxylic acids is 1. The quantitative estimate of drug-likeness (QED) is 0.903. The predicted octanol–water partition coefficient (Wildman–Crippen LogP) is 2.36. The van der Waals surface area contributed by atoms with Crippen LogP contribution in [0, 0.1) is 5.92 Å². The number of methoxy groups -OCH3 is 1. The number of rotatable bonds is 4. The zero-order chi connectivity index (χ0) is 14.2. The Hall–Kier alpha value is -1.65. The van der Waals surface area contributed by atoms with E-state index in [9.17, 15) is 9.90 Å². The van der Waals surface area contributed by atoms with Crippen LogP contribution in [0.4, 0.5) is 0 Å². The van der Waals surface area contributed by atoms with Crippen LogP contribution in [0.3, 0.4) is 0 Å².